The summed E-state index contributed by atoms with van der Waals surface area (Å²) in [5, 5.41) is 10.8. The summed E-state index contributed by atoms with van der Waals surface area (Å²) >= 11 is 0. The topological polar surface area (TPSA) is 106 Å². The van der Waals surface area contributed by atoms with E-state index >= 15 is 0 Å². The third kappa shape index (κ3) is 4.52. The van der Waals surface area contributed by atoms with Crippen LogP contribution in [0.1, 0.15) is 27.7 Å². The van der Waals surface area contributed by atoms with Gasteiger partial charge in [0.2, 0.25) is 0 Å². The fraction of sp³-hybridized carbons (Fsp3) is 0.182. The quantitative estimate of drug-likeness (QED) is 0.667. The number of aromatic nitrogens is 1. The molecule has 7 nitrogen and oxygen atoms in total. The van der Waals surface area contributed by atoms with E-state index in [1.807, 2.05) is 18.2 Å². The maximum absolute atomic E-state index is 13.9. The van der Waals surface area contributed by atoms with E-state index in [1.165, 1.54) is 6.07 Å². The number of ether oxygens (including phenoxy) is 1. The number of nitrogens with zero attached hydrogens (tertiary/aromatic N) is 2. The molecule has 1 aromatic heterocycles. The standard InChI is InChI=1S/C22H17FN2O5S/c23-15-5-7-17(22(27)25-31(28)29)19(11-15)13-4-6-18-20(10-13)30-12-14(21(18)26)9-16-3-1-2-8-24-16/h1-8,10-11,14,21,26H,9,12H2/t14-,21+/m1/s1. The van der Waals surface area contributed by atoms with Gasteiger partial charge in [-0.25, -0.2) is 4.39 Å². The van der Waals surface area contributed by atoms with Crippen molar-refractivity contribution in [2.75, 3.05) is 6.61 Å². The van der Waals surface area contributed by atoms with Gasteiger partial charge >= 0.3 is 10.5 Å². The second kappa shape index (κ2) is 8.75. The highest BCUT2D eigenvalue weighted by Gasteiger charge is 2.30. The van der Waals surface area contributed by atoms with Crippen molar-refractivity contribution in [3.8, 4) is 16.9 Å². The molecule has 2 heterocycles. The van der Waals surface area contributed by atoms with E-state index in [0.717, 1.165) is 17.8 Å². The average Bonchev–Trinajstić information content (AvgIpc) is 2.75. The zero-order valence-corrected chi connectivity index (χ0v) is 16.9. The Bertz CT molecular complexity index is 1270. The Morgan fingerprint density at radius 3 is 2.77 bits per heavy atom. The van der Waals surface area contributed by atoms with Crippen molar-refractivity contribution in [1.29, 1.82) is 0 Å². The molecule has 158 valence electrons. The predicted molar refractivity (Wildman–Crippen MR) is 109 cm³/mol. The summed E-state index contributed by atoms with van der Waals surface area (Å²) in [6.07, 6.45) is 1.45. The second-order valence-electron chi connectivity index (χ2n) is 7.10. The number of aliphatic hydroxyl groups is 1. The SMILES string of the molecule is O=C(N=S(=O)=O)c1ccc(F)cc1-c1ccc2c(c1)OC[C@@H](Cc1ccccn1)[C@@H]2O. The average molecular weight is 440 g/mol. The lowest BCUT2D eigenvalue weighted by Crippen LogP contribution is -2.28. The van der Waals surface area contributed by atoms with Crippen molar-refractivity contribution in [2.45, 2.75) is 12.5 Å². The number of amides is 1. The molecule has 0 bridgehead atoms. The Morgan fingerprint density at radius 1 is 1.19 bits per heavy atom. The van der Waals surface area contributed by atoms with Crippen LogP contribution < -0.4 is 4.74 Å². The van der Waals surface area contributed by atoms with Crippen molar-refractivity contribution in [3.63, 3.8) is 0 Å². The lowest BCUT2D eigenvalue weighted by molar-refractivity contribution is 0.0503. The Hall–Kier alpha value is -3.43. The van der Waals surface area contributed by atoms with Gasteiger partial charge < -0.3 is 9.84 Å². The lowest BCUT2D eigenvalue weighted by Gasteiger charge is -2.30. The van der Waals surface area contributed by atoms with Crippen molar-refractivity contribution in [3.05, 3.63) is 83.4 Å². The van der Waals surface area contributed by atoms with Gasteiger partial charge in [0.05, 0.1) is 18.3 Å². The number of carbonyl (C=O) groups is 1. The molecule has 1 N–H and O–H groups in total. The van der Waals surface area contributed by atoms with Gasteiger partial charge in [0.15, 0.2) is 0 Å². The van der Waals surface area contributed by atoms with Crippen LogP contribution in [0.2, 0.25) is 0 Å². The first kappa shape index (κ1) is 20.8. The Labute approximate surface area is 178 Å². The second-order valence-corrected chi connectivity index (χ2v) is 7.71. The third-order valence-electron chi connectivity index (χ3n) is 5.11. The van der Waals surface area contributed by atoms with Crippen molar-refractivity contribution in [1.82, 2.24) is 4.98 Å². The van der Waals surface area contributed by atoms with Gasteiger partial charge in [-0.05, 0) is 53.9 Å². The fourth-order valence-electron chi connectivity index (χ4n) is 3.63. The number of fused-ring (bicyclic) bond motifs is 1. The minimum Gasteiger partial charge on any atom is -0.493 e. The van der Waals surface area contributed by atoms with Crippen LogP contribution in [0.25, 0.3) is 11.1 Å². The van der Waals surface area contributed by atoms with Gasteiger partial charge in [0.1, 0.15) is 11.6 Å². The summed E-state index contributed by atoms with van der Waals surface area (Å²) in [6, 6.07) is 13.8. The van der Waals surface area contributed by atoms with Crippen LogP contribution in [0.15, 0.2) is 65.2 Å². The minimum atomic E-state index is -2.93. The highest BCUT2D eigenvalue weighted by Crippen LogP contribution is 2.39. The first-order chi connectivity index (χ1) is 14.9. The molecule has 1 amide bonds. The zero-order valence-electron chi connectivity index (χ0n) is 16.1. The van der Waals surface area contributed by atoms with Gasteiger partial charge in [-0.3, -0.25) is 9.78 Å². The zero-order chi connectivity index (χ0) is 22.0. The van der Waals surface area contributed by atoms with E-state index in [1.54, 1.807) is 24.4 Å². The fourth-order valence-corrected chi connectivity index (χ4v) is 3.86. The summed E-state index contributed by atoms with van der Waals surface area (Å²) in [5.41, 5.74) is 1.97. The molecule has 0 saturated heterocycles. The molecule has 0 radical (unpaired) electrons. The van der Waals surface area contributed by atoms with Crippen molar-refractivity contribution in [2.24, 2.45) is 10.3 Å². The molecule has 0 aliphatic carbocycles. The monoisotopic (exact) mass is 440 g/mol. The van der Waals surface area contributed by atoms with E-state index in [4.69, 9.17) is 4.74 Å². The van der Waals surface area contributed by atoms with Gasteiger partial charge in [-0.15, -0.1) is 0 Å². The van der Waals surface area contributed by atoms with Crippen LogP contribution >= 0.6 is 0 Å². The summed E-state index contributed by atoms with van der Waals surface area (Å²) in [5.74, 6) is -1.37. The molecule has 3 aromatic rings. The van der Waals surface area contributed by atoms with Gasteiger partial charge in [0.25, 0.3) is 5.91 Å². The van der Waals surface area contributed by atoms with E-state index < -0.39 is 28.3 Å². The predicted octanol–water partition coefficient (Wildman–Crippen LogP) is 3.38. The maximum Gasteiger partial charge on any atom is 0.319 e. The minimum absolute atomic E-state index is 0.0602. The molecule has 0 spiro atoms. The summed E-state index contributed by atoms with van der Waals surface area (Å²) in [7, 11) is -2.93. The molecular weight excluding hydrogens is 423 g/mol. The number of hydrogen-bond donors (Lipinski definition) is 1. The molecule has 9 heteroatoms. The highest BCUT2D eigenvalue weighted by atomic mass is 32.2. The number of halogens is 1. The van der Waals surface area contributed by atoms with Gasteiger partial charge in [-0.2, -0.15) is 8.42 Å². The Morgan fingerprint density at radius 2 is 2.03 bits per heavy atom. The van der Waals surface area contributed by atoms with E-state index in [2.05, 4.69) is 9.35 Å². The van der Waals surface area contributed by atoms with E-state index in [9.17, 15) is 22.7 Å². The molecule has 0 unspecified atom stereocenters. The largest absolute Gasteiger partial charge is 0.493 e. The molecule has 1 aliphatic rings. The third-order valence-corrected chi connectivity index (χ3v) is 5.42. The lowest BCUT2D eigenvalue weighted by atomic mass is 9.88. The van der Waals surface area contributed by atoms with Crippen molar-refractivity contribution >= 4 is 16.4 Å². The Kier molecular flexibility index (Phi) is 5.88. The summed E-state index contributed by atoms with van der Waals surface area (Å²) in [4.78, 5) is 16.4. The van der Waals surface area contributed by atoms with Crippen LogP contribution in [-0.4, -0.2) is 31.0 Å². The molecule has 0 fully saturated rings. The number of hydrogen-bond acceptors (Lipinski definition) is 6. The Balaban J connectivity index is 1.67. The number of rotatable bonds is 4. The first-order valence-corrected chi connectivity index (χ1v) is 10.5. The van der Waals surface area contributed by atoms with Crippen LogP contribution in [0.5, 0.6) is 5.75 Å². The summed E-state index contributed by atoms with van der Waals surface area (Å²) < 4.78 is 44.3. The number of carbonyl (C=O) groups excluding carboxylic acids is 1. The number of benzene rings is 2. The van der Waals surface area contributed by atoms with Crippen LogP contribution in [0, 0.1) is 11.7 Å². The van der Waals surface area contributed by atoms with E-state index in [0.29, 0.717) is 23.3 Å². The molecule has 1 aliphatic heterocycles. The molecule has 0 saturated carbocycles. The molecule has 4 rings (SSSR count). The first-order valence-electron chi connectivity index (χ1n) is 9.42. The highest BCUT2D eigenvalue weighted by molar-refractivity contribution is 7.62. The van der Waals surface area contributed by atoms with Crippen LogP contribution in [-0.2, 0) is 16.9 Å². The van der Waals surface area contributed by atoms with Crippen LogP contribution in [0.3, 0.4) is 0 Å². The normalized spacial score (nSPS) is 17.4. The summed E-state index contributed by atoms with van der Waals surface area (Å²) in [6.45, 7) is 0.258. The number of aliphatic hydroxyl groups excluding tert-OH is 1. The molecule has 2 atom stereocenters. The number of pyridine rings is 1. The molecule has 31 heavy (non-hydrogen) atoms. The van der Waals surface area contributed by atoms with Crippen LogP contribution in [0.4, 0.5) is 4.39 Å². The van der Waals surface area contributed by atoms with Gasteiger partial charge in [-0.1, -0.05) is 22.6 Å². The van der Waals surface area contributed by atoms with E-state index in [-0.39, 0.29) is 23.7 Å². The van der Waals surface area contributed by atoms with Crippen molar-refractivity contribution < 1.29 is 27.4 Å². The molecular formula is C22H17FN2O5S. The smallest absolute Gasteiger partial charge is 0.319 e. The maximum atomic E-state index is 13.9. The molecule has 2 aromatic carbocycles. The van der Waals surface area contributed by atoms with Gasteiger partial charge in [0, 0.05) is 23.4 Å².